The van der Waals surface area contributed by atoms with Crippen molar-refractivity contribution in [2.45, 2.75) is 25.0 Å². The summed E-state index contributed by atoms with van der Waals surface area (Å²) in [6.45, 7) is 3.62. The van der Waals surface area contributed by atoms with Crippen molar-refractivity contribution in [2.75, 3.05) is 31.5 Å². The number of anilines is 1. The van der Waals surface area contributed by atoms with Crippen molar-refractivity contribution in [3.8, 4) is 5.75 Å². The molecule has 2 aromatic rings. The molecule has 1 aromatic heterocycles. The first-order valence-corrected chi connectivity index (χ1v) is 9.21. The molecule has 0 spiro atoms. The first-order chi connectivity index (χ1) is 12.6. The highest BCUT2D eigenvalue weighted by Gasteiger charge is 2.34. The summed E-state index contributed by atoms with van der Waals surface area (Å²) in [4.78, 5) is 14.4. The van der Waals surface area contributed by atoms with Crippen molar-refractivity contribution in [2.24, 2.45) is 5.92 Å². The molecular weight excluding hydrogens is 330 g/mol. The minimum Gasteiger partial charge on any atom is -0.508 e. The Bertz CT molecular complexity index is 835. The Morgan fingerprint density at radius 3 is 2.85 bits per heavy atom. The highest BCUT2D eigenvalue weighted by atomic mass is 16.3. The molecule has 0 amide bonds. The van der Waals surface area contributed by atoms with Gasteiger partial charge in [-0.2, -0.15) is 0 Å². The number of aliphatic hydroxyl groups is 1. The van der Waals surface area contributed by atoms with Crippen LogP contribution in [-0.4, -0.2) is 52.0 Å². The summed E-state index contributed by atoms with van der Waals surface area (Å²) in [5.41, 5.74) is 2.03. The number of rotatable bonds is 5. The van der Waals surface area contributed by atoms with E-state index in [1.54, 1.807) is 24.3 Å². The highest BCUT2D eigenvalue weighted by molar-refractivity contribution is 5.47. The van der Waals surface area contributed by atoms with Crippen LogP contribution in [0.2, 0.25) is 0 Å². The zero-order valence-corrected chi connectivity index (χ0v) is 14.7. The Balaban J connectivity index is 1.36. The molecule has 1 fully saturated rings. The number of piperidine rings is 1. The second-order valence-corrected chi connectivity index (χ2v) is 7.50. The second-order valence-electron chi connectivity index (χ2n) is 7.50. The highest BCUT2D eigenvalue weighted by Crippen LogP contribution is 2.34. The largest absolute Gasteiger partial charge is 0.508 e. The molecule has 0 saturated carbocycles. The molecule has 0 aliphatic carbocycles. The SMILES string of the molecule is O=c1cccc2n1C[C@H]1C[C@@H]2CN(C[C@@H](O)CNc2cccc(O)c2)C1. The van der Waals surface area contributed by atoms with E-state index in [0.717, 1.165) is 37.4 Å². The molecule has 138 valence electrons. The molecule has 2 aliphatic rings. The average Bonchev–Trinajstić information content (AvgIpc) is 2.61. The summed E-state index contributed by atoms with van der Waals surface area (Å²) >= 11 is 0. The van der Waals surface area contributed by atoms with Crippen LogP contribution in [-0.2, 0) is 6.54 Å². The minimum atomic E-state index is -0.492. The van der Waals surface area contributed by atoms with Crippen molar-refractivity contribution < 1.29 is 10.2 Å². The maximum absolute atomic E-state index is 12.1. The van der Waals surface area contributed by atoms with Gasteiger partial charge in [0, 0.05) is 62.2 Å². The molecule has 26 heavy (non-hydrogen) atoms. The van der Waals surface area contributed by atoms with Crippen molar-refractivity contribution in [1.29, 1.82) is 0 Å². The van der Waals surface area contributed by atoms with Crippen molar-refractivity contribution in [3.05, 3.63) is 58.5 Å². The van der Waals surface area contributed by atoms with Crippen LogP contribution in [0.4, 0.5) is 5.69 Å². The van der Waals surface area contributed by atoms with E-state index in [0.29, 0.717) is 24.9 Å². The number of nitrogens with zero attached hydrogens (tertiary/aromatic N) is 2. The Kier molecular flexibility index (Phi) is 4.70. The van der Waals surface area contributed by atoms with E-state index in [9.17, 15) is 15.0 Å². The van der Waals surface area contributed by atoms with E-state index < -0.39 is 6.10 Å². The van der Waals surface area contributed by atoms with E-state index in [2.05, 4.69) is 16.3 Å². The van der Waals surface area contributed by atoms with Gasteiger partial charge in [-0.25, -0.2) is 0 Å². The van der Waals surface area contributed by atoms with Crippen molar-refractivity contribution in [3.63, 3.8) is 0 Å². The van der Waals surface area contributed by atoms with Gasteiger partial charge in [-0.05, 0) is 30.5 Å². The number of aromatic nitrogens is 1. The van der Waals surface area contributed by atoms with Crippen LogP contribution < -0.4 is 10.9 Å². The molecule has 2 aliphatic heterocycles. The number of benzene rings is 1. The lowest BCUT2D eigenvalue weighted by Gasteiger charge is -2.43. The van der Waals surface area contributed by atoms with Gasteiger partial charge in [0.15, 0.2) is 0 Å². The van der Waals surface area contributed by atoms with Gasteiger partial charge < -0.3 is 20.1 Å². The molecule has 3 heterocycles. The predicted octanol–water partition coefficient (Wildman–Crippen LogP) is 1.45. The first kappa shape index (κ1) is 17.1. The lowest BCUT2D eigenvalue weighted by atomic mass is 9.83. The zero-order chi connectivity index (χ0) is 18.1. The van der Waals surface area contributed by atoms with Gasteiger partial charge in [-0.3, -0.25) is 9.69 Å². The number of phenolic OH excluding ortho intramolecular Hbond substituents is 1. The van der Waals surface area contributed by atoms with E-state index in [1.807, 2.05) is 16.7 Å². The normalized spacial score (nSPS) is 23.3. The lowest BCUT2D eigenvalue weighted by Crippen LogP contribution is -2.49. The van der Waals surface area contributed by atoms with Gasteiger partial charge in [0.1, 0.15) is 5.75 Å². The van der Waals surface area contributed by atoms with Crippen LogP contribution >= 0.6 is 0 Å². The second kappa shape index (κ2) is 7.13. The topological polar surface area (TPSA) is 77.7 Å². The molecule has 1 saturated heterocycles. The monoisotopic (exact) mass is 355 g/mol. The van der Waals surface area contributed by atoms with E-state index in [-0.39, 0.29) is 11.3 Å². The molecule has 3 N–H and O–H groups in total. The van der Waals surface area contributed by atoms with E-state index in [4.69, 9.17) is 0 Å². The summed E-state index contributed by atoms with van der Waals surface area (Å²) in [6, 6.07) is 12.5. The Labute approximate surface area is 152 Å². The summed E-state index contributed by atoms with van der Waals surface area (Å²) < 4.78 is 1.93. The maximum Gasteiger partial charge on any atom is 0.250 e. The third kappa shape index (κ3) is 3.61. The number of β-amino-alcohol motifs (C(OH)–C–C–N with tert-alkyl or cyclic N) is 1. The molecule has 0 unspecified atom stereocenters. The average molecular weight is 355 g/mol. The minimum absolute atomic E-state index is 0.0981. The van der Waals surface area contributed by atoms with Crippen LogP contribution in [0.3, 0.4) is 0 Å². The Morgan fingerprint density at radius 2 is 2.00 bits per heavy atom. The lowest BCUT2D eigenvalue weighted by molar-refractivity contribution is 0.0676. The van der Waals surface area contributed by atoms with Crippen LogP contribution in [0.1, 0.15) is 18.0 Å². The zero-order valence-electron chi connectivity index (χ0n) is 14.7. The van der Waals surface area contributed by atoms with Crippen LogP contribution in [0.5, 0.6) is 5.75 Å². The summed E-state index contributed by atoms with van der Waals surface area (Å²) in [6.07, 6.45) is 0.631. The van der Waals surface area contributed by atoms with Crippen LogP contribution in [0.15, 0.2) is 47.3 Å². The molecule has 1 aromatic carbocycles. The fraction of sp³-hybridized carbons (Fsp3) is 0.450. The summed E-state index contributed by atoms with van der Waals surface area (Å²) in [5.74, 6) is 1.04. The Hall–Kier alpha value is -2.31. The molecule has 2 bridgehead atoms. The van der Waals surface area contributed by atoms with E-state index >= 15 is 0 Å². The van der Waals surface area contributed by atoms with E-state index in [1.165, 1.54) is 0 Å². The molecular formula is C20H25N3O3. The fourth-order valence-corrected chi connectivity index (χ4v) is 4.36. The molecule has 4 rings (SSSR count). The van der Waals surface area contributed by atoms with Gasteiger partial charge in [0.2, 0.25) is 0 Å². The molecule has 6 heteroatoms. The summed E-state index contributed by atoms with van der Waals surface area (Å²) in [5, 5.41) is 23.1. The van der Waals surface area contributed by atoms with Gasteiger partial charge in [-0.1, -0.05) is 12.1 Å². The number of aliphatic hydroxyl groups excluding tert-OH is 1. The maximum atomic E-state index is 12.1. The number of nitrogens with one attached hydrogen (secondary N) is 1. The Morgan fingerprint density at radius 1 is 1.15 bits per heavy atom. The van der Waals surface area contributed by atoms with Crippen LogP contribution in [0.25, 0.3) is 0 Å². The van der Waals surface area contributed by atoms with Gasteiger partial charge in [-0.15, -0.1) is 0 Å². The van der Waals surface area contributed by atoms with Crippen LogP contribution in [0, 0.1) is 5.92 Å². The smallest absolute Gasteiger partial charge is 0.250 e. The van der Waals surface area contributed by atoms with Gasteiger partial charge >= 0.3 is 0 Å². The number of fused-ring (bicyclic) bond motifs is 4. The number of pyridine rings is 1. The summed E-state index contributed by atoms with van der Waals surface area (Å²) in [7, 11) is 0. The van der Waals surface area contributed by atoms with Gasteiger partial charge in [0.25, 0.3) is 5.56 Å². The standard InChI is InChI=1S/C20H25N3O3/c24-17-4-1-3-16(8-17)21-9-18(25)13-22-10-14-7-15(12-22)19-5-2-6-20(26)23(19)11-14/h1-6,8,14-15,18,21,24-25H,7,9-13H2/t14-,15+,18-/m0/s1. The van der Waals surface area contributed by atoms with Crippen molar-refractivity contribution in [1.82, 2.24) is 9.47 Å². The molecule has 3 atom stereocenters. The first-order valence-electron chi connectivity index (χ1n) is 9.21. The molecule has 6 nitrogen and oxygen atoms in total. The number of phenols is 1. The number of likely N-dealkylation sites (tertiary alicyclic amines) is 1. The fourth-order valence-electron chi connectivity index (χ4n) is 4.36. The quantitative estimate of drug-likeness (QED) is 0.757. The third-order valence-electron chi connectivity index (χ3n) is 5.41. The number of hydrogen-bond donors (Lipinski definition) is 3. The third-order valence-corrected chi connectivity index (χ3v) is 5.41. The van der Waals surface area contributed by atoms with Crippen molar-refractivity contribution >= 4 is 5.69 Å². The number of hydrogen-bond acceptors (Lipinski definition) is 5. The number of aromatic hydroxyl groups is 1. The predicted molar refractivity (Wildman–Crippen MR) is 101 cm³/mol. The molecule has 0 radical (unpaired) electrons. The van der Waals surface area contributed by atoms with Gasteiger partial charge in [0.05, 0.1) is 6.10 Å².